The van der Waals surface area contributed by atoms with Crippen molar-refractivity contribution in [3.05, 3.63) is 34.8 Å². The van der Waals surface area contributed by atoms with Gasteiger partial charge in [-0.2, -0.15) is 0 Å². The van der Waals surface area contributed by atoms with Gasteiger partial charge in [-0.3, -0.25) is 0 Å². The predicted octanol–water partition coefficient (Wildman–Crippen LogP) is 5.62. The van der Waals surface area contributed by atoms with Gasteiger partial charge in [0, 0.05) is 29.1 Å². The van der Waals surface area contributed by atoms with Gasteiger partial charge in [0.25, 0.3) is 0 Å². The number of fused-ring (bicyclic) bond motifs is 6. The lowest BCUT2D eigenvalue weighted by molar-refractivity contribution is 0.154. The molecule has 2 heterocycles. The first-order valence-corrected chi connectivity index (χ1v) is 11.0. The highest BCUT2D eigenvalue weighted by Gasteiger charge is 2.46. The maximum atomic E-state index is 6.28. The molecule has 0 aromatic rings. The lowest BCUT2D eigenvalue weighted by Crippen LogP contribution is -2.31. The molecule has 3 aliphatic carbocycles. The lowest BCUT2D eigenvalue weighted by atomic mass is 9.67. The largest absolute Gasteiger partial charge is 0.493 e. The third-order valence-corrected chi connectivity index (χ3v) is 7.44. The molecule has 2 aliphatic heterocycles. The summed E-state index contributed by atoms with van der Waals surface area (Å²) < 4.78 is 6.28. The third kappa shape index (κ3) is 2.76. The Hall–Kier alpha value is -1.18. The molecule has 4 unspecified atom stereocenters. The van der Waals surface area contributed by atoms with Crippen molar-refractivity contribution in [1.29, 1.82) is 0 Å². The van der Waals surface area contributed by atoms with E-state index in [4.69, 9.17) is 4.74 Å². The summed E-state index contributed by atoms with van der Waals surface area (Å²) in [6, 6.07) is 0.693. The van der Waals surface area contributed by atoms with Crippen LogP contribution in [0.3, 0.4) is 0 Å². The van der Waals surface area contributed by atoms with E-state index in [1.165, 1.54) is 94.1 Å². The fourth-order valence-electron chi connectivity index (χ4n) is 6.32. The van der Waals surface area contributed by atoms with E-state index in [1.54, 1.807) is 0 Å². The van der Waals surface area contributed by atoms with Crippen molar-refractivity contribution in [3.63, 3.8) is 0 Å². The molecule has 136 valence electrons. The number of hydrogen-bond donors (Lipinski definition) is 1. The maximum absolute atomic E-state index is 6.28. The van der Waals surface area contributed by atoms with E-state index in [2.05, 4.69) is 17.5 Å². The molecule has 2 fully saturated rings. The Morgan fingerprint density at radius 2 is 1.44 bits per heavy atom. The molecule has 5 rings (SSSR count). The number of ether oxygens (including phenoxy) is 1. The molecule has 0 radical (unpaired) electrons. The van der Waals surface area contributed by atoms with Gasteiger partial charge in [-0.25, -0.2) is 0 Å². The van der Waals surface area contributed by atoms with Crippen molar-refractivity contribution >= 4 is 0 Å². The summed E-state index contributed by atoms with van der Waals surface area (Å²) in [5.74, 6) is 3.55. The van der Waals surface area contributed by atoms with Crippen LogP contribution in [0, 0.1) is 17.8 Å². The molecule has 2 saturated carbocycles. The zero-order valence-electron chi connectivity index (χ0n) is 15.6. The SMILES string of the molecule is C1=CC2=C(OC1)C1CCCCCCC1C1=C2NC2CCCCCCC12. The van der Waals surface area contributed by atoms with Crippen LogP contribution in [-0.2, 0) is 4.74 Å². The van der Waals surface area contributed by atoms with Crippen LogP contribution in [0.25, 0.3) is 0 Å². The van der Waals surface area contributed by atoms with E-state index in [0.29, 0.717) is 12.0 Å². The van der Waals surface area contributed by atoms with Gasteiger partial charge in [0.05, 0.1) is 0 Å². The number of hydrogen-bond acceptors (Lipinski definition) is 2. The topological polar surface area (TPSA) is 21.3 Å². The van der Waals surface area contributed by atoms with Crippen molar-refractivity contribution in [2.45, 2.75) is 83.1 Å². The Kier molecular flexibility index (Phi) is 4.39. The number of allylic oxidation sites excluding steroid dienone is 2. The van der Waals surface area contributed by atoms with Crippen LogP contribution in [-0.4, -0.2) is 12.6 Å². The quantitative estimate of drug-likeness (QED) is 0.618. The summed E-state index contributed by atoms with van der Waals surface area (Å²) in [7, 11) is 0. The van der Waals surface area contributed by atoms with Gasteiger partial charge < -0.3 is 10.1 Å². The van der Waals surface area contributed by atoms with Crippen molar-refractivity contribution in [2.75, 3.05) is 6.61 Å². The average Bonchev–Trinajstić information content (AvgIpc) is 2.93. The molecule has 4 atom stereocenters. The van der Waals surface area contributed by atoms with E-state index in [1.807, 2.05) is 5.57 Å². The normalized spacial score (nSPS) is 38.1. The molecule has 0 aromatic carbocycles. The van der Waals surface area contributed by atoms with Crippen LogP contribution >= 0.6 is 0 Å². The Labute approximate surface area is 152 Å². The van der Waals surface area contributed by atoms with Crippen molar-refractivity contribution < 1.29 is 4.74 Å². The molecule has 0 spiro atoms. The molecule has 5 aliphatic rings. The van der Waals surface area contributed by atoms with E-state index >= 15 is 0 Å². The number of rotatable bonds is 0. The maximum Gasteiger partial charge on any atom is 0.109 e. The highest BCUT2D eigenvalue weighted by atomic mass is 16.5. The van der Waals surface area contributed by atoms with Gasteiger partial charge in [-0.1, -0.05) is 57.4 Å². The Bertz CT molecular complexity index is 614. The first kappa shape index (κ1) is 16.0. The van der Waals surface area contributed by atoms with Crippen LogP contribution in [0.5, 0.6) is 0 Å². The lowest BCUT2D eigenvalue weighted by Gasteiger charge is -2.39. The van der Waals surface area contributed by atoms with Crippen LogP contribution in [0.2, 0.25) is 0 Å². The van der Waals surface area contributed by atoms with E-state index in [9.17, 15) is 0 Å². The minimum absolute atomic E-state index is 0.657. The van der Waals surface area contributed by atoms with Gasteiger partial charge in [-0.05, 0) is 43.3 Å². The highest BCUT2D eigenvalue weighted by Crippen LogP contribution is 2.52. The Morgan fingerprint density at radius 1 is 0.760 bits per heavy atom. The monoisotopic (exact) mass is 339 g/mol. The Balaban J connectivity index is 1.57. The zero-order valence-corrected chi connectivity index (χ0v) is 15.6. The molecular formula is C23H33NO. The summed E-state index contributed by atoms with van der Waals surface area (Å²) in [5, 5.41) is 4.02. The van der Waals surface area contributed by atoms with E-state index in [-0.39, 0.29) is 0 Å². The summed E-state index contributed by atoms with van der Waals surface area (Å²) >= 11 is 0. The fourth-order valence-corrected chi connectivity index (χ4v) is 6.32. The van der Waals surface area contributed by atoms with E-state index in [0.717, 1.165) is 18.4 Å². The second kappa shape index (κ2) is 6.85. The molecule has 0 amide bonds. The first-order chi connectivity index (χ1) is 12.4. The minimum atomic E-state index is 0.657. The van der Waals surface area contributed by atoms with Crippen molar-refractivity contribution in [1.82, 2.24) is 5.32 Å². The summed E-state index contributed by atoms with van der Waals surface area (Å²) in [5.41, 5.74) is 4.76. The van der Waals surface area contributed by atoms with Gasteiger partial charge in [0.15, 0.2) is 0 Å². The van der Waals surface area contributed by atoms with Crippen molar-refractivity contribution in [2.24, 2.45) is 17.8 Å². The van der Waals surface area contributed by atoms with Crippen LogP contribution in [0.1, 0.15) is 77.0 Å². The van der Waals surface area contributed by atoms with Gasteiger partial charge in [0.1, 0.15) is 12.4 Å². The molecule has 25 heavy (non-hydrogen) atoms. The second-order valence-electron chi connectivity index (χ2n) is 8.88. The molecular weight excluding hydrogens is 306 g/mol. The Morgan fingerprint density at radius 3 is 2.24 bits per heavy atom. The summed E-state index contributed by atoms with van der Waals surface area (Å²) in [6.07, 6.45) is 21.4. The van der Waals surface area contributed by atoms with E-state index < -0.39 is 0 Å². The minimum Gasteiger partial charge on any atom is -0.493 e. The average molecular weight is 340 g/mol. The van der Waals surface area contributed by atoms with Crippen molar-refractivity contribution in [3.8, 4) is 0 Å². The molecule has 1 N–H and O–H groups in total. The zero-order chi connectivity index (χ0) is 16.6. The molecule has 2 heteroatoms. The highest BCUT2D eigenvalue weighted by molar-refractivity contribution is 5.53. The smallest absolute Gasteiger partial charge is 0.109 e. The molecule has 0 aromatic heterocycles. The van der Waals surface area contributed by atoms with Gasteiger partial charge >= 0.3 is 0 Å². The molecule has 0 bridgehead atoms. The fraction of sp³-hybridized carbons (Fsp3) is 0.739. The van der Waals surface area contributed by atoms with Crippen LogP contribution < -0.4 is 5.32 Å². The molecule has 2 nitrogen and oxygen atoms in total. The van der Waals surface area contributed by atoms with Gasteiger partial charge in [-0.15, -0.1) is 0 Å². The first-order valence-electron chi connectivity index (χ1n) is 11.0. The third-order valence-electron chi connectivity index (χ3n) is 7.44. The van der Waals surface area contributed by atoms with Crippen LogP contribution in [0.15, 0.2) is 34.8 Å². The molecule has 0 saturated heterocycles. The summed E-state index contributed by atoms with van der Waals surface area (Å²) in [4.78, 5) is 0. The van der Waals surface area contributed by atoms with Crippen LogP contribution in [0.4, 0.5) is 0 Å². The summed E-state index contributed by atoms with van der Waals surface area (Å²) in [6.45, 7) is 0.775. The second-order valence-corrected chi connectivity index (χ2v) is 8.88. The van der Waals surface area contributed by atoms with Gasteiger partial charge in [0.2, 0.25) is 0 Å². The number of nitrogens with one attached hydrogen (secondary N) is 1. The predicted molar refractivity (Wildman–Crippen MR) is 102 cm³/mol. The standard InChI is InChI=1S/C23H33NO/c1-2-6-11-17-16(10-5-1)21-18-12-7-3-4-8-14-20(18)24-22(21)19-13-9-15-25-23(17)19/h9,13,16-18,20,24H,1-8,10-12,14-15H2.